The number of ketones is 3. The molecular formula is C51H78FNO12. The molecule has 1 amide bonds. The first-order chi connectivity index (χ1) is 30.7. The maximum atomic E-state index is 17.1. The van der Waals surface area contributed by atoms with E-state index in [1.54, 1.807) is 48.0 Å². The predicted molar refractivity (Wildman–Crippen MR) is 244 cm³/mol. The van der Waals surface area contributed by atoms with Crippen LogP contribution in [0.5, 0.6) is 0 Å². The zero-order valence-electron chi connectivity index (χ0n) is 40.5. The molecule has 366 valence electrons. The molecule has 3 unspecified atom stereocenters. The number of hydrogen-bond donors (Lipinski definition) is 2. The number of aliphatic hydroxyl groups is 2. The van der Waals surface area contributed by atoms with Gasteiger partial charge in [0, 0.05) is 58.5 Å². The summed E-state index contributed by atoms with van der Waals surface area (Å²) < 4.78 is 46.1. The standard InChI is InChI=1S/C51H78FNO12/c1-30-16-12-11-13-17-31(2)42(61-8)28-38-21-19-36(7)51(52,65-38)48(58)49(59)53-23-15-14-18-39(53)50(60)64-43(33(4)26-37-20-22-40(54)44(27-37)62-9)29-41(55)32(3)25-35(6)46(57)47(63-10)45(56)34(5)24-30/h11-13,16-17,25,30,32-34,36-40,42-44,46-47,54,57H,14-15,18-24,26-29H2,1-10H3/b13-11?,16-12+,31-17?,35-25+/t30-,32-,33-,34-,36-,37?,38+,39+,40+,42+,43?,44-,46-,47+,51?/m1/s1. The summed E-state index contributed by atoms with van der Waals surface area (Å²) in [5.74, 6) is -9.16. The number of fused-ring (bicyclic) bond motifs is 3. The number of carbonyl (C=O) groups is 5. The van der Waals surface area contributed by atoms with Crippen molar-refractivity contribution in [3.05, 3.63) is 47.6 Å². The second-order valence-electron chi connectivity index (χ2n) is 19.5. The van der Waals surface area contributed by atoms with Crippen molar-refractivity contribution in [3.63, 3.8) is 0 Å². The van der Waals surface area contributed by atoms with E-state index in [1.807, 2.05) is 51.2 Å². The number of rotatable bonds is 6. The van der Waals surface area contributed by atoms with E-state index in [0.717, 1.165) is 10.5 Å². The summed E-state index contributed by atoms with van der Waals surface area (Å²) in [6.07, 6.45) is 10.3. The van der Waals surface area contributed by atoms with Crippen LogP contribution in [-0.4, -0.2) is 127 Å². The van der Waals surface area contributed by atoms with Crippen molar-refractivity contribution < 1.29 is 62.3 Å². The first kappa shape index (κ1) is 54.2. The summed E-state index contributed by atoms with van der Waals surface area (Å²) in [4.78, 5) is 71.4. The van der Waals surface area contributed by atoms with Gasteiger partial charge in [0.2, 0.25) is 0 Å². The zero-order chi connectivity index (χ0) is 48.2. The van der Waals surface area contributed by atoms with Crippen LogP contribution in [0, 0.1) is 35.5 Å². The molecule has 4 aliphatic rings. The summed E-state index contributed by atoms with van der Waals surface area (Å²) in [7, 11) is 4.47. The van der Waals surface area contributed by atoms with Crippen molar-refractivity contribution in [2.45, 2.75) is 180 Å². The molecule has 1 saturated carbocycles. The molecule has 2 N–H and O–H groups in total. The van der Waals surface area contributed by atoms with Crippen molar-refractivity contribution in [1.29, 1.82) is 0 Å². The molecule has 0 spiro atoms. The molecule has 0 aromatic rings. The highest BCUT2D eigenvalue weighted by molar-refractivity contribution is 6.39. The van der Waals surface area contributed by atoms with Gasteiger partial charge in [0.15, 0.2) is 5.78 Å². The highest BCUT2D eigenvalue weighted by Gasteiger charge is 2.55. The SMILES string of the molecule is CO[C@H]1C[C@@H]2CC[C@@H](C)C(F)(O2)C(=O)C(=O)N2CCCC[C@H]2C(=O)OC([C@H](C)CC2CC[C@H](O)[C@H](OC)C2)CC(=O)[C@H](C)/C=C(\C)[C@@H](O)[C@@H](OC)C(=O)[C@H](C)C[C@H](C)/C=C/C=CC=C1C. The zero-order valence-corrected chi connectivity index (χ0v) is 40.5. The molecule has 0 radical (unpaired) electrons. The number of esters is 1. The molecule has 3 aliphatic heterocycles. The number of hydrogen-bond acceptors (Lipinski definition) is 12. The van der Waals surface area contributed by atoms with E-state index < -0.39 is 83.9 Å². The van der Waals surface area contributed by atoms with Gasteiger partial charge >= 0.3 is 5.97 Å². The summed E-state index contributed by atoms with van der Waals surface area (Å²) in [5, 5.41) is 21.9. The number of Topliss-reactive ketones (excluding diaryl/α,β-unsaturated/α-hetero) is 3. The molecule has 65 heavy (non-hydrogen) atoms. The van der Waals surface area contributed by atoms with Crippen molar-refractivity contribution >= 4 is 29.2 Å². The maximum absolute atomic E-state index is 17.1. The number of piperidine rings is 1. The quantitative estimate of drug-likeness (QED) is 0.157. The van der Waals surface area contributed by atoms with E-state index in [1.165, 1.54) is 7.11 Å². The molecule has 2 bridgehead atoms. The van der Waals surface area contributed by atoms with Crippen LogP contribution in [0.2, 0.25) is 0 Å². The molecule has 4 rings (SSSR count). The van der Waals surface area contributed by atoms with Crippen molar-refractivity contribution in [3.8, 4) is 0 Å². The van der Waals surface area contributed by atoms with Crippen LogP contribution in [0.3, 0.4) is 0 Å². The van der Waals surface area contributed by atoms with Gasteiger partial charge in [-0.15, -0.1) is 0 Å². The van der Waals surface area contributed by atoms with Crippen LogP contribution in [-0.2, 0) is 47.7 Å². The van der Waals surface area contributed by atoms with Gasteiger partial charge in [-0.25, -0.2) is 9.18 Å². The number of halogens is 1. The van der Waals surface area contributed by atoms with Gasteiger partial charge in [0.25, 0.3) is 17.5 Å². The van der Waals surface area contributed by atoms with E-state index >= 15 is 4.39 Å². The monoisotopic (exact) mass is 916 g/mol. The third-order valence-corrected chi connectivity index (χ3v) is 14.4. The Bertz CT molecular complexity index is 1760. The van der Waals surface area contributed by atoms with Gasteiger partial charge < -0.3 is 38.8 Å². The van der Waals surface area contributed by atoms with Gasteiger partial charge in [-0.3, -0.25) is 19.2 Å². The Balaban J connectivity index is 1.70. The van der Waals surface area contributed by atoms with Crippen LogP contribution in [0.25, 0.3) is 0 Å². The number of allylic oxidation sites excluding steroid dienone is 6. The van der Waals surface area contributed by atoms with E-state index in [4.69, 9.17) is 23.7 Å². The molecule has 0 aromatic heterocycles. The fourth-order valence-electron chi connectivity index (χ4n) is 10.1. The predicted octanol–water partition coefficient (Wildman–Crippen LogP) is 7.16. The van der Waals surface area contributed by atoms with Crippen LogP contribution in [0.4, 0.5) is 4.39 Å². The summed E-state index contributed by atoms with van der Waals surface area (Å²) in [6.45, 7) is 12.5. The lowest BCUT2D eigenvalue weighted by atomic mass is 9.78. The maximum Gasteiger partial charge on any atom is 0.329 e. The van der Waals surface area contributed by atoms with Crippen molar-refractivity contribution in [1.82, 2.24) is 4.90 Å². The molecule has 0 aromatic carbocycles. The number of carbonyl (C=O) groups excluding carboxylic acids is 5. The van der Waals surface area contributed by atoms with E-state index in [2.05, 4.69) is 0 Å². The van der Waals surface area contributed by atoms with Crippen LogP contribution >= 0.6 is 0 Å². The summed E-state index contributed by atoms with van der Waals surface area (Å²) in [6, 6.07) is -1.20. The Morgan fingerprint density at radius 2 is 1.58 bits per heavy atom. The third-order valence-electron chi connectivity index (χ3n) is 14.4. The Hall–Kier alpha value is -3.40. The fraction of sp³-hybridized carbons (Fsp3) is 0.745. The van der Waals surface area contributed by atoms with Gasteiger partial charge in [-0.05, 0) is 107 Å². The number of methoxy groups -OCH3 is 3. The first-order valence-corrected chi connectivity index (χ1v) is 23.9. The Labute approximate surface area is 386 Å². The van der Waals surface area contributed by atoms with Gasteiger partial charge in [0.1, 0.15) is 30.1 Å². The van der Waals surface area contributed by atoms with Crippen molar-refractivity contribution in [2.24, 2.45) is 35.5 Å². The van der Waals surface area contributed by atoms with Gasteiger partial charge in [-0.2, -0.15) is 0 Å². The average Bonchev–Trinajstić information content (AvgIpc) is 3.28. The number of cyclic esters (lactones) is 1. The molecule has 14 heteroatoms. The molecule has 1 aliphatic carbocycles. The fourth-order valence-corrected chi connectivity index (χ4v) is 10.1. The first-order valence-electron chi connectivity index (χ1n) is 23.9. The number of alkyl halides is 1. The lowest BCUT2D eigenvalue weighted by Crippen LogP contribution is -2.59. The number of amides is 1. The molecule has 3 heterocycles. The van der Waals surface area contributed by atoms with Crippen LogP contribution in [0.1, 0.15) is 126 Å². The highest BCUT2D eigenvalue weighted by Crippen LogP contribution is 2.40. The van der Waals surface area contributed by atoms with E-state index in [-0.39, 0.29) is 67.7 Å². The van der Waals surface area contributed by atoms with Crippen LogP contribution < -0.4 is 0 Å². The van der Waals surface area contributed by atoms with Gasteiger partial charge in [0.05, 0.1) is 24.4 Å². The number of aliphatic hydroxyl groups excluding tert-OH is 2. The minimum absolute atomic E-state index is 0.00748. The largest absolute Gasteiger partial charge is 0.460 e. The lowest BCUT2D eigenvalue weighted by molar-refractivity contribution is -0.231. The molecule has 3 fully saturated rings. The highest BCUT2D eigenvalue weighted by atomic mass is 19.2. The lowest BCUT2D eigenvalue weighted by Gasteiger charge is -2.41. The minimum Gasteiger partial charge on any atom is -0.460 e. The second kappa shape index (κ2) is 25.1. The Morgan fingerprint density at radius 3 is 2.26 bits per heavy atom. The number of ether oxygens (including phenoxy) is 5. The Morgan fingerprint density at radius 1 is 0.862 bits per heavy atom. The summed E-state index contributed by atoms with van der Waals surface area (Å²) in [5.41, 5.74) is 1.22. The van der Waals surface area contributed by atoms with Crippen molar-refractivity contribution in [2.75, 3.05) is 27.9 Å². The number of nitrogens with zero attached hydrogens (tertiary/aromatic N) is 1. The smallest absolute Gasteiger partial charge is 0.329 e. The topological polar surface area (TPSA) is 175 Å². The molecule has 15 atom stereocenters. The van der Waals surface area contributed by atoms with E-state index in [0.29, 0.717) is 56.9 Å². The summed E-state index contributed by atoms with van der Waals surface area (Å²) >= 11 is 0. The molecule has 2 saturated heterocycles. The van der Waals surface area contributed by atoms with Gasteiger partial charge in [-0.1, -0.05) is 71.1 Å². The normalized spacial score (nSPS) is 39.1. The Kier molecular flexibility index (Phi) is 20.9. The molecule has 13 nitrogen and oxygen atoms in total. The molecular weight excluding hydrogens is 838 g/mol. The minimum atomic E-state index is -2.93. The second-order valence-corrected chi connectivity index (χ2v) is 19.5. The van der Waals surface area contributed by atoms with Crippen LogP contribution in [0.15, 0.2) is 47.6 Å². The third kappa shape index (κ3) is 14.3. The average molecular weight is 916 g/mol. The van der Waals surface area contributed by atoms with E-state index in [9.17, 15) is 34.2 Å².